The van der Waals surface area contributed by atoms with Crippen LogP contribution in [0.1, 0.15) is 63.9 Å². The number of benzene rings is 4. The zero-order valence-electron chi connectivity index (χ0n) is 28.4. The highest BCUT2D eigenvalue weighted by atomic mass is 32.1. The van der Waals surface area contributed by atoms with Gasteiger partial charge >= 0.3 is 11.9 Å². The van der Waals surface area contributed by atoms with Crippen LogP contribution in [0.2, 0.25) is 0 Å². The number of thiazole rings is 2. The molecule has 12 nitrogen and oxygen atoms in total. The lowest BCUT2D eigenvalue weighted by Crippen LogP contribution is -2.43. The Morgan fingerprint density at radius 2 is 0.870 bits per heavy atom. The quantitative estimate of drug-likeness (QED) is 0.107. The molecule has 4 amide bonds. The molecule has 54 heavy (non-hydrogen) atoms. The van der Waals surface area contributed by atoms with E-state index in [1.807, 2.05) is 60.7 Å². The minimum atomic E-state index is -0.676. The molecule has 0 atom stereocenters. The molecule has 0 saturated carbocycles. The van der Waals surface area contributed by atoms with Crippen LogP contribution in [-0.4, -0.2) is 58.7 Å². The first kappa shape index (κ1) is 34.7. The smallest absolute Gasteiger partial charge is 0.311 e. The molecule has 0 saturated heterocycles. The van der Waals surface area contributed by atoms with Crippen molar-refractivity contribution in [3.8, 4) is 0 Å². The highest BCUT2D eigenvalue weighted by Gasteiger charge is 2.42. The first-order valence-electron chi connectivity index (χ1n) is 16.9. The van der Waals surface area contributed by atoms with Crippen molar-refractivity contribution in [1.82, 2.24) is 9.97 Å². The molecule has 4 aromatic carbocycles. The number of ether oxygens (including phenoxy) is 2. The van der Waals surface area contributed by atoms with Gasteiger partial charge in [0.2, 0.25) is 0 Å². The molecular formula is C40H28N4O8S2. The van der Waals surface area contributed by atoms with Crippen molar-refractivity contribution in [3.05, 3.63) is 140 Å². The molecule has 0 aliphatic carbocycles. The van der Waals surface area contributed by atoms with Crippen LogP contribution in [0, 0.1) is 0 Å². The maximum Gasteiger partial charge on any atom is 0.311 e. The standard InChI is InChI=1S/C40H28N4O8S2/c45-31(51-17-15-23-7-3-1-4-8-23)19-25-21-53-39(41-25)43-35(47)27-11-13-29-34-30(14-12-28(33(27)34)36(43)48)38(50)44(37(29)49)40-42-26(22-54-40)20-32(46)52-18-16-24-9-5-2-6-10-24/h1-14,21-22H,15-20H2. The number of carbonyl (C=O) groups excluding carboxylic acids is 6. The van der Waals surface area contributed by atoms with Gasteiger partial charge in [0.15, 0.2) is 10.3 Å². The first-order valence-corrected chi connectivity index (χ1v) is 18.7. The average molecular weight is 757 g/mol. The second-order valence-electron chi connectivity index (χ2n) is 12.5. The summed E-state index contributed by atoms with van der Waals surface area (Å²) in [7, 11) is 0. The molecular weight excluding hydrogens is 729 g/mol. The van der Waals surface area contributed by atoms with Gasteiger partial charge in [-0.3, -0.25) is 28.8 Å². The van der Waals surface area contributed by atoms with Crippen LogP contribution in [0.25, 0.3) is 10.8 Å². The molecule has 268 valence electrons. The van der Waals surface area contributed by atoms with Gasteiger partial charge in [0.25, 0.3) is 23.6 Å². The summed E-state index contributed by atoms with van der Waals surface area (Å²) in [6, 6.07) is 25.0. The van der Waals surface area contributed by atoms with E-state index >= 15 is 0 Å². The van der Waals surface area contributed by atoms with Crippen molar-refractivity contribution in [3.63, 3.8) is 0 Å². The molecule has 2 aromatic heterocycles. The second kappa shape index (κ2) is 14.6. The predicted octanol–water partition coefficient (Wildman–Crippen LogP) is 6.01. The molecule has 14 heteroatoms. The van der Waals surface area contributed by atoms with Gasteiger partial charge < -0.3 is 9.47 Å². The van der Waals surface area contributed by atoms with Crippen molar-refractivity contribution < 1.29 is 38.2 Å². The Morgan fingerprint density at radius 3 is 1.22 bits per heavy atom. The van der Waals surface area contributed by atoms with E-state index in [0.717, 1.165) is 43.6 Å². The number of carbonyl (C=O) groups is 6. The Hall–Kier alpha value is -6.38. The van der Waals surface area contributed by atoms with E-state index < -0.39 is 35.6 Å². The normalized spacial score (nSPS) is 13.5. The summed E-state index contributed by atoms with van der Waals surface area (Å²) in [4.78, 5) is 91.2. The fraction of sp³-hybridized carbons (Fsp3) is 0.150. The Morgan fingerprint density at radius 1 is 0.519 bits per heavy atom. The van der Waals surface area contributed by atoms with E-state index in [1.165, 1.54) is 24.3 Å². The van der Waals surface area contributed by atoms with Gasteiger partial charge in [-0.1, -0.05) is 60.7 Å². The van der Waals surface area contributed by atoms with E-state index in [1.54, 1.807) is 10.8 Å². The zero-order chi connectivity index (χ0) is 37.3. The first-order chi connectivity index (χ1) is 26.3. The van der Waals surface area contributed by atoms with E-state index in [0.29, 0.717) is 24.2 Å². The summed E-state index contributed by atoms with van der Waals surface area (Å²) in [6.45, 7) is 0.404. The van der Waals surface area contributed by atoms with Crippen molar-refractivity contribution in [2.45, 2.75) is 25.7 Å². The number of esters is 2. The number of imide groups is 2. The molecule has 6 aromatic rings. The maximum absolute atomic E-state index is 13.9. The third-order valence-electron chi connectivity index (χ3n) is 9.00. The number of hydrogen-bond donors (Lipinski definition) is 0. The highest BCUT2D eigenvalue weighted by Crippen LogP contribution is 2.41. The minimum absolute atomic E-state index is 0.0779. The maximum atomic E-state index is 13.9. The van der Waals surface area contributed by atoms with Crippen molar-refractivity contribution in [2.24, 2.45) is 0 Å². The van der Waals surface area contributed by atoms with Crippen LogP contribution in [-0.2, 0) is 44.7 Å². The SMILES string of the molecule is O=C(Cc1csc(N2C(=O)c3ccc4c5c(ccc(c35)C2=O)C(=O)N(c2nc(CC(=O)OCCc3ccccc3)cs2)C4=O)n1)OCCc1ccccc1. The fourth-order valence-electron chi connectivity index (χ4n) is 6.44. The van der Waals surface area contributed by atoms with Gasteiger partial charge in [0, 0.05) is 56.6 Å². The van der Waals surface area contributed by atoms with E-state index in [4.69, 9.17) is 9.47 Å². The molecule has 0 unspecified atom stereocenters. The van der Waals surface area contributed by atoms with Crippen molar-refractivity contribution in [1.29, 1.82) is 0 Å². The summed E-state index contributed by atoms with van der Waals surface area (Å²) in [5, 5.41) is 3.75. The lowest BCUT2D eigenvalue weighted by atomic mass is 9.86. The molecule has 2 aliphatic heterocycles. The van der Waals surface area contributed by atoms with E-state index in [9.17, 15) is 28.8 Å². The van der Waals surface area contributed by atoms with E-state index in [-0.39, 0.29) is 69.3 Å². The molecule has 0 spiro atoms. The molecule has 0 fully saturated rings. The van der Waals surface area contributed by atoms with Gasteiger partial charge in [-0.05, 0) is 35.4 Å². The molecule has 0 N–H and O–H groups in total. The van der Waals surface area contributed by atoms with Crippen LogP contribution in [0.4, 0.5) is 10.3 Å². The minimum Gasteiger partial charge on any atom is -0.465 e. The zero-order valence-corrected chi connectivity index (χ0v) is 30.0. The summed E-state index contributed by atoms with van der Waals surface area (Å²) < 4.78 is 10.7. The molecule has 0 radical (unpaired) electrons. The van der Waals surface area contributed by atoms with Crippen LogP contribution >= 0.6 is 22.7 Å². The monoisotopic (exact) mass is 756 g/mol. The summed E-state index contributed by atoms with van der Waals surface area (Å²) in [5.41, 5.74) is 3.26. The lowest BCUT2D eigenvalue weighted by Gasteiger charge is -2.30. The Labute approximate surface area is 315 Å². The number of aromatic nitrogens is 2. The Bertz CT molecular complexity index is 2250. The van der Waals surface area contributed by atoms with Gasteiger partial charge in [0.1, 0.15) is 0 Å². The topological polar surface area (TPSA) is 153 Å². The van der Waals surface area contributed by atoms with Crippen LogP contribution in [0.5, 0.6) is 0 Å². The molecule has 2 aliphatic rings. The summed E-state index contributed by atoms with van der Waals surface area (Å²) >= 11 is 2.07. The van der Waals surface area contributed by atoms with Crippen LogP contribution in [0.15, 0.2) is 95.7 Å². The van der Waals surface area contributed by atoms with Crippen LogP contribution in [0.3, 0.4) is 0 Å². The number of nitrogens with zero attached hydrogens (tertiary/aromatic N) is 4. The predicted molar refractivity (Wildman–Crippen MR) is 200 cm³/mol. The molecule has 0 bridgehead atoms. The van der Waals surface area contributed by atoms with Gasteiger partial charge in [0.05, 0.1) is 37.4 Å². The number of hydrogen-bond acceptors (Lipinski definition) is 12. The van der Waals surface area contributed by atoms with Gasteiger partial charge in [-0.25, -0.2) is 19.8 Å². The van der Waals surface area contributed by atoms with Crippen molar-refractivity contribution in [2.75, 3.05) is 23.0 Å². The number of rotatable bonds is 12. The number of anilines is 2. The third kappa shape index (κ3) is 6.57. The second-order valence-corrected chi connectivity index (χ2v) is 14.1. The largest absolute Gasteiger partial charge is 0.465 e. The molecule has 4 heterocycles. The van der Waals surface area contributed by atoms with Gasteiger partial charge in [-0.2, -0.15) is 0 Å². The Balaban J connectivity index is 0.970. The lowest BCUT2D eigenvalue weighted by molar-refractivity contribution is -0.143. The average Bonchev–Trinajstić information content (AvgIpc) is 3.83. The summed E-state index contributed by atoms with van der Waals surface area (Å²) in [6.07, 6.45) is 0.853. The third-order valence-corrected chi connectivity index (χ3v) is 10.7. The van der Waals surface area contributed by atoms with Gasteiger partial charge in [-0.15, -0.1) is 22.7 Å². The van der Waals surface area contributed by atoms with Crippen LogP contribution < -0.4 is 9.80 Å². The van der Waals surface area contributed by atoms with E-state index in [2.05, 4.69) is 9.97 Å². The highest BCUT2D eigenvalue weighted by molar-refractivity contribution is 7.14. The summed E-state index contributed by atoms with van der Waals surface area (Å²) in [5.74, 6) is -3.68. The number of amides is 4. The van der Waals surface area contributed by atoms with Crippen molar-refractivity contribution >= 4 is 79.3 Å². The molecule has 8 rings (SSSR count). The fourth-order valence-corrected chi connectivity index (χ4v) is 8.07. The Kier molecular flexibility index (Phi) is 9.36.